The van der Waals surface area contributed by atoms with Crippen LogP contribution in [0.4, 0.5) is 4.39 Å². The average molecular weight is 225 g/mol. The summed E-state index contributed by atoms with van der Waals surface area (Å²) in [6.07, 6.45) is 0. The number of halogens is 2. The summed E-state index contributed by atoms with van der Waals surface area (Å²) in [6, 6.07) is 10.3. The number of ether oxygens (including phenoxy) is 1. The van der Waals surface area contributed by atoms with E-state index in [0.29, 0.717) is 18.2 Å². The molecule has 78 valence electrons. The molecular formula is C12H10ClFO. The molecule has 0 heterocycles. The molecule has 0 radical (unpaired) electrons. The van der Waals surface area contributed by atoms with Gasteiger partial charge in [-0.1, -0.05) is 18.2 Å². The Labute approximate surface area is 92.4 Å². The van der Waals surface area contributed by atoms with Gasteiger partial charge in [0.05, 0.1) is 5.88 Å². The summed E-state index contributed by atoms with van der Waals surface area (Å²) in [5, 5.41) is 1.74. The fourth-order valence-corrected chi connectivity index (χ4v) is 1.57. The van der Waals surface area contributed by atoms with Gasteiger partial charge < -0.3 is 4.74 Å². The molecule has 0 amide bonds. The molecule has 2 aromatic carbocycles. The van der Waals surface area contributed by atoms with E-state index in [1.807, 2.05) is 18.2 Å². The van der Waals surface area contributed by atoms with Gasteiger partial charge in [-0.25, -0.2) is 4.39 Å². The standard InChI is InChI=1S/C12H10ClFO/c13-6-7-15-12-3-1-2-9-4-5-10(14)8-11(9)12/h1-5,8H,6-7H2. The van der Waals surface area contributed by atoms with Crippen molar-refractivity contribution in [3.05, 3.63) is 42.2 Å². The molecule has 0 N–H and O–H groups in total. The maximum atomic E-state index is 13.1. The Hall–Kier alpha value is -1.28. The summed E-state index contributed by atoms with van der Waals surface area (Å²) in [5.74, 6) is 0.836. The van der Waals surface area contributed by atoms with E-state index in [0.717, 1.165) is 10.8 Å². The first-order valence-corrected chi connectivity index (χ1v) is 5.22. The van der Waals surface area contributed by atoms with Crippen LogP contribution in [0.2, 0.25) is 0 Å². The van der Waals surface area contributed by atoms with E-state index in [1.165, 1.54) is 12.1 Å². The third-order valence-corrected chi connectivity index (χ3v) is 2.29. The lowest BCUT2D eigenvalue weighted by atomic mass is 10.1. The minimum Gasteiger partial charge on any atom is -0.492 e. The van der Waals surface area contributed by atoms with E-state index in [1.54, 1.807) is 6.07 Å². The summed E-state index contributed by atoms with van der Waals surface area (Å²) < 4.78 is 18.5. The summed E-state index contributed by atoms with van der Waals surface area (Å²) in [6.45, 7) is 0.428. The Morgan fingerprint density at radius 1 is 1.20 bits per heavy atom. The molecule has 0 aliphatic carbocycles. The van der Waals surface area contributed by atoms with Crippen LogP contribution in [0, 0.1) is 5.82 Å². The first kappa shape index (κ1) is 10.2. The quantitative estimate of drug-likeness (QED) is 0.724. The zero-order valence-corrected chi connectivity index (χ0v) is 8.80. The molecule has 1 nitrogen and oxygen atoms in total. The molecule has 0 aliphatic rings. The molecule has 0 atom stereocenters. The fourth-order valence-electron chi connectivity index (χ4n) is 1.49. The molecule has 0 saturated heterocycles. The van der Waals surface area contributed by atoms with Crippen LogP contribution in [0.1, 0.15) is 0 Å². The lowest BCUT2D eigenvalue weighted by Crippen LogP contribution is -1.98. The summed E-state index contributed by atoms with van der Waals surface area (Å²) in [7, 11) is 0. The maximum absolute atomic E-state index is 13.1. The lowest BCUT2D eigenvalue weighted by molar-refractivity contribution is 0.347. The summed E-state index contributed by atoms with van der Waals surface area (Å²) in [4.78, 5) is 0. The van der Waals surface area contributed by atoms with Crippen LogP contribution in [0.3, 0.4) is 0 Å². The van der Waals surface area contributed by atoms with Gasteiger partial charge in [0.25, 0.3) is 0 Å². The Balaban J connectivity index is 2.48. The fraction of sp³-hybridized carbons (Fsp3) is 0.167. The van der Waals surface area contributed by atoms with Crippen LogP contribution < -0.4 is 4.74 Å². The highest BCUT2D eigenvalue weighted by Gasteiger charge is 2.02. The van der Waals surface area contributed by atoms with Gasteiger partial charge in [-0.2, -0.15) is 0 Å². The molecule has 0 bridgehead atoms. The average Bonchev–Trinajstić information content (AvgIpc) is 2.26. The number of fused-ring (bicyclic) bond motifs is 1. The van der Waals surface area contributed by atoms with Crippen LogP contribution in [0.25, 0.3) is 10.8 Å². The second kappa shape index (κ2) is 4.49. The van der Waals surface area contributed by atoms with Gasteiger partial charge in [0.1, 0.15) is 18.2 Å². The normalized spacial score (nSPS) is 10.5. The first-order chi connectivity index (χ1) is 7.31. The molecule has 3 heteroatoms. The van der Waals surface area contributed by atoms with Gasteiger partial charge in [0, 0.05) is 5.39 Å². The minimum absolute atomic E-state index is 0.260. The van der Waals surface area contributed by atoms with Crippen molar-refractivity contribution in [1.29, 1.82) is 0 Å². The lowest BCUT2D eigenvalue weighted by Gasteiger charge is -2.07. The number of alkyl halides is 1. The molecule has 0 fully saturated rings. The van der Waals surface area contributed by atoms with E-state index in [9.17, 15) is 4.39 Å². The highest BCUT2D eigenvalue weighted by atomic mass is 35.5. The summed E-state index contributed by atoms with van der Waals surface area (Å²) >= 11 is 5.53. The van der Waals surface area contributed by atoms with Crippen molar-refractivity contribution in [2.45, 2.75) is 0 Å². The second-order valence-corrected chi connectivity index (χ2v) is 3.54. The molecular weight excluding hydrogens is 215 g/mol. The maximum Gasteiger partial charge on any atom is 0.127 e. The number of benzene rings is 2. The van der Waals surface area contributed by atoms with Crippen molar-refractivity contribution in [2.24, 2.45) is 0 Å². The highest BCUT2D eigenvalue weighted by Crippen LogP contribution is 2.26. The monoisotopic (exact) mass is 224 g/mol. The van der Waals surface area contributed by atoms with Gasteiger partial charge in [-0.3, -0.25) is 0 Å². The predicted octanol–water partition coefficient (Wildman–Crippen LogP) is 3.60. The zero-order chi connectivity index (χ0) is 10.7. The number of hydrogen-bond donors (Lipinski definition) is 0. The van der Waals surface area contributed by atoms with E-state index < -0.39 is 0 Å². The Bertz CT molecular complexity index is 470. The number of rotatable bonds is 3. The molecule has 2 aromatic rings. The third-order valence-electron chi connectivity index (χ3n) is 2.14. The van der Waals surface area contributed by atoms with Gasteiger partial charge in [-0.05, 0) is 23.6 Å². The largest absolute Gasteiger partial charge is 0.492 e. The Kier molecular flexibility index (Phi) is 3.07. The van der Waals surface area contributed by atoms with Crippen molar-refractivity contribution in [3.8, 4) is 5.75 Å². The third kappa shape index (κ3) is 2.21. The number of hydrogen-bond acceptors (Lipinski definition) is 1. The minimum atomic E-state index is -0.260. The van der Waals surface area contributed by atoms with Gasteiger partial charge in [0.2, 0.25) is 0 Å². The molecule has 0 spiro atoms. The van der Waals surface area contributed by atoms with Crippen LogP contribution >= 0.6 is 11.6 Å². The van der Waals surface area contributed by atoms with Gasteiger partial charge >= 0.3 is 0 Å². The van der Waals surface area contributed by atoms with E-state index in [-0.39, 0.29) is 5.82 Å². The molecule has 0 aromatic heterocycles. The molecule has 0 saturated carbocycles. The van der Waals surface area contributed by atoms with Crippen LogP contribution in [0.5, 0.6) is 5.75 Å². The van der Waals surface area contributed by atoms with Crippen molar-refractivity contribution < 1.29 is 9.13 Å². The van der Waals surface area contributed by atoms with E-state index in [4.69, 9.17) is 16.3 Å². The van der Waals surface area contributed by atoms with E-state index >= 15 is 0 Å². The van der Waals surface area contributed by atoms with Crippen molar-refractivity contribution >= 4 is 22.4 Å². The Morgan fingerprint density at radius 3 is 2.87 bits per heavy atom. The van der Waals surface area contributed by atoms with Crippen LogP contribution in [0.15, 0.2) is 36.4 Å². The van der Waals surface area contributed by atoms with Gasteiger partial charge in [-0.15, -0.1) is 11.6 Å². The van der Waals surface area contributed by atoms with Crippen LogP contribution in [-0.2, 0) is 0 Å². The van der Waals surface area contributed by atoms with Crippen molar-refractivity contribution in [1.82, 2.24) is 0 Å². The highest BCUT2D eigenvalue weighted by molar-refractivity contribution is 6.18. The molecule has 2 rings (SSSR count). The van der Waals surface area contributed by atoms with E-state index in [2.05, 4.69) is 0 Å². The second-order valence-electron chi connectivity index (χ2n) is 3.16. The topological polar surface area (TPSA) is 9.23 Å². The van der Waals surface area contributed by atoms with Gasteiger partial charge in [0.15, 0.2) is 0 Å². The van der Waals surface area contributed by atoms with Crippen molar-refractivity contribution in [2.75, 3.05) is 12.5 Å². The molecule has 15 heavy (non-hydrogen) atoms. The summed E-state index contributed by atoms with van der Waals surface area (Å²) in [5.41, 5.74) is 0. The van der Waals surface area contributed by atoms with Crippen LogP contribution in [-0.4, -0.2) is 12.5 Å². The Morgan fingerprint density at radius 2 is 2.07 bits per heavy atom. The SMILES string of the molecule is Fc1ccc2cccc(OCCCl)c2c1. The first-order valence-electron chi connectivity index (χ1n) is 4.68. The molecule has 0 aliphatic heterocycles. The zero-order valence-electron chi connectivity index (χ0n) is 8.04. The van der Waals surface area contributed by atoms with Crippen molar-refractivity contribution in [3.63, 3.8) is 0 Å². The molecule has 0 unspecified atom stereocenters. The smallest absolute Gasteiger partial charge is 0.127 e. The predicted molar refractivity (Wildman–Crippen MR) is 60.1 cm³/mol.